The molecule has 1 amide bonds. The zero-order chi connectivity index (χ0) is 17.5. The monoisotopic (exact) mass is 350 g/mol. The summed E-state index contributed by atoms with van der Waals surface area (Å²) in [5, 5.41) is 10.5. The van der Waals surface area contributed by atoms with Crippen molar-refractivity contribution in [3.63, 3.8) is 0 Å². The molecule has 0 aliphatic carbocycles. The number of guanidine groups is 1. The molecule has 0 saturated carbocycles. The highest BCUT2D eigenvalue weighted by Crippen LogP contribution is 2.18. The van der Waals surface area contributed by atoms with Crippen LogP contribution in [0.5, 0.6) is 0 Å². The fourth-order valence-corrected chi connectivity index (χ4v) is 1.87. The van der Waals surface area contributed by atoms with Crippen LogP contribution in [-0.4, -0.2) is 54.6 Å². The Morgan fingerprint density at radius 3 is 2.62 bits per heavy atom. The molecule has 0 fully saturated rings. The highest BCUT2D eigenvalue weighted by Gasteiger charge is 2.10. The van der Waals surface area contributed by atoms with Crippen molar-refractivity contribution in [2.24, 2.45) is 4.99 Å². The zero-order valence-corrected chi connectivity index (χ0v) is 14.5. The van der Waals surface area contributed by atoms with E-state index in [0.717, 1.165) is 5.56 Å². The van der Waals surface area contributed by atoms with Gasteiger partial charge in [-0.25, -0.2) is 0 Å². The van der Waals surface area contributed by atoms with Gasteiger partial charge in [0.15, 0.2) is 5.96 Å². The van der Waals surface area contributed by atoms with Crippen molar-refractivity contribution in [1.29, 1.82) is 0 Å². The Labute approximate surface area is 144 Å². The first-order chi connectivity index (χ1) is 11.5. The van der Waals surface area contributed by atoms with Gasteiger partial charge in [0.2, 0.25) is 17.6 Å². The Kier molecular flexibility index (Phi) is 6.14. The van der Waals surface area contributed by atoms with Crippen LogP contribution in [0.15, 0.2) is 33.8 Å². The lowest BCUT2D eigenvalue weighted by molar-refractivity contribution is -0.127. The molecule has 2 rings (SSSR count). The molecule has 1 heterocycles. The van der Waals surface area contributed by atoms with E-state index in [-0.39, 0.29) is 19.0 Å². The van der Waals surface area contributed by atoms with Crippen LogP contribution in [0.4, 0.5) is 0 Å². The van der Waals surface area contributed by atoms with Crippen LogP contribution in [0.1, 0.15) is 5.89 Å². The number of carbonyl (C=O) groups excluding carboxylic acids is 1. The maximum Gasteiger partial charge on any atom is 0.246 e. The van der Waals surface area contributed by atoms with E-state index in [0.29, 0.717) is 22.7 Å². The number of nitrogens with zero attached hydrogens (tertiary/aromatic N) is 4. The Morgan fingerprint density at radius 1 is 1.29 bits per heavy atom. The van der Waals surface area contributed by atoms with Crippen molar-refractivity contribution in [3.05, 3.63) is 35.2 Å². The first-order valence-corrected chi connectivity index (χ1v) is 7.60. The fourth-order valence-electron chi connectivity index (χ4n) is 1.74. The summed E-state index contributed by atoms with van der Waals surface area (Å²) in [6, 6.07) is 7.16. The topological polar surface area (TPSA) is 95.7 Å². The van der Waals surface area contributed by atoms with Crippen LogP contribution in [0.2, 0.25) is 5.02 Å². The molecule has 2 N–H and O–H groups in total. The second-order valence-electron chi connectivity index (χ2n) is 5.09. The van der Waals surface area contributed by atoms with E-state index in [4.69, 9.17) is 16.1 Å². The van der Waals surface area contributed by atoms with Gasteiger partial charge in [-0.15, -0.1) is 0 Å². The summed E-state index contributed by atoms with van der Waals surface area (Å²) in [7, 11) is 5.00. The molecular weight excluding hydrogens is 332 g/mol. The van der Waals surface area contributed by atoms with Crippen LogP contribution in [0.3, 0.4) is 0 Å². The average Bonchev–Trinajstić information content (AvgIpc) is 3.04. The molecule has 9 heteroatoms. The molecule has 0 unspecified atom stereocenters. The molecule has 1 aromatic heterocycles. The minimum Gasteiger partial charge on any atom is -0.347 e. The van der Waals surface area contributed by atoms with Crippen molar-refractivity contribution in [3.8, 4) is 11.4 Å². The van der Waals surface area contributed by atoms with E-state index in [1.807, 2.05) is 12.1 Å². The molecular formula is C15H19ClN6O2. The third kappa shape index (κ3) is 4.95. The van der Waals surface area contributed by atoms with Gasteiger partial charge in [-0.2, -0.15) is 4.98 Å². The van der Waals surface area contributed by atoms with Gasteiger partial charge in [0, 0.05) is 31.7 Å². The van der Waals surface area contributed by atoms with Gasteiger partial charge in [0.25, 0.3) is 0 Å². The quantitative estimate of drug-likeness (QED) is 0.620. The standard InChI is InChI=1S/C15H19ClN6O2/c1-17-15(19-9-13(23)22(2)3)18-8-12-20-14(21-24-12)10-4-6-11(16)7-5-10/h4-7H,8-9H2,1-3H3,(H2,17,18,19). The van der Waals surface area contributed by atoms with Crippen LogP contribution < -0.4 is 10.6 Å². The van der Waals surface area contributed by atoms with Gasteiger partial charge in [-0.1, -0.05) is 16.8 Å². The number of likely N-dealkylation sites (N-methyl/N-ethyl adjacent to an activating group) is 1. The zero-order valence-electron chi connectivity index (χ0n) is 13.7. The van der Waals surface area contributed by atoms with Crippen LogP contribution in [0.25, 0.3) is 11.4 Å². The average molecular weight is 351 g/mol. The normalized spacial score (nSPS) is 11.2. The Morgan fingerprint density at radius 2 is 2.00 bits per heavy atom. The summed E-state index contributed by atoms with van der Waals surface area (Å²) >= 11 is 5.85. The van der Waals surface area contributed by atoms with Crippen molar-refractivity contribution in [2.75, 3.05) is 27.7 Å². The summed E-state index contributed by atoms with van der Waals surface area (Å²) in [4.78, 5) is 21.4. The lowest BCUT2D eigenvalue weighted by Gasteiger charge is -2.13. The van der Waals surface area contributed by atoms with Gasteiger partial charge in [-0.3, -0.25) is 9.79 Å². The Balaban J connectivity index is 1.90. The highest BCUT2D eigenvalue weighted by molar-refractivity contribution is 6.30. The minimum atomic E-state index is -0.0548. The molecule has 2 aromatic rings. The Hall–Kier alpha value is -2.61. The van der Waals surface area contributed by atoms with Gasteiger partial charge < -0.3 is 20.1 Å². The van der Waals surface area contributed by atoms with E-state index in [1.165, 1.54) is 4.90 Å². The summed E-state index contributed by atoms with van der Waals surface area (Å²) in [6.45, 7) is 0.433. The predicted molar refractivity (Wildman–Crippen MR) is 91.6 cm³/mol. The molecule has 0 bridgehead atoms. The summed E-state index contributed by atoms with van der Waals surface area (Å²) < 4.78 is 5.19. The Bertz CT molecular complexity index is 711. The van der Waals surface area contributed by atoms with Gasteiger partial charge in [-0.05, 0) is 24.3 Å². The largest absolute Gasteiger partial charge is 0.347 e. The first-order valence-electron chi connectivity index (χ1n) is 7.23. The lowest BCUT2D eigenvalue weighted by Crippen LogP contribution is -2.42. The number of rotatable bonds is 5. The van der Waals surface area contributed by atoms with Crippen molar-refractivity contribution >= 4 is 23.5 Å². The van der Waals surface area contributed by atoms with E-state index in [2.05, 4.69) is 25.8 Å². The molecule has 0 spiro atoms. The maximum atomic E-state index is 11.6. The van der Waals surface area contributed by atoms with Crippen molar-refractivity contribution in [2.45, 2.75) is 6.54 Å². The molecule has 24 heavy (non-hydrogen) atoms. The number of carbonyl (C=O) groups is 1. The first kappa shape index (κ1) is 17.7. The van der Waals surface area contributed by atoms with Crippen LogP contribution in [-0.2, 0) is 11.3 Å². The summed E-state index contributed by atoms with van der Waals surface area (Å²) in [5.41, 5.74) is 0.813. The molecule has 0 saturated heterocycles. The second kappa shape index (κ2) is 8.30. The molecule has 8 nitrogen and oxygen atoms in total. The van der Waals surface area contributed by atoms with Gasteiger partial charge in [0.05, 0.1) is 13.1 Å². The predicted octanol–water partition coefficient (Wildman–Crippen LogP) is 1.14. The second-order valence-corrected chi connectivity index (χ2v) is 5.52. The van der Waals surface area contributed by atoms with E-state index in [1.54, 1.807) is 33.3 Å². The molecule has 0 atom stereocenters. The number of hydrogen-bond donors (Lipinski definition) is 2. The number of amides is 1. The molecule has 0 radical (unpaired) electrons. The summed E-state index contributed by atoms with van der Waals surface area (Å²) in [5.74, 6) is 1.30. The molecule has 0 aliphatic rings. The molecule has 128 valence electrons. The van der Waals surface area contributed by atoms with E-state index >= 15 is 0 Å². The summed E-state index contributed by atoms with van der Waals surface area (Å²) in [6.07, 6.45) is 0. The van der Waals surface area contributed by atoms with E-state index in [9.17, 15) is 4.79 Å². The third-order valence-electron chi connectivity index (χ3n) is 3.11. The van der Waals surface area contributed by atoms with E-state index < -0.39 is 0 Å². The van der Waals surface area contributed by atoms with Gasteiger partial charge >= 0.3 is 0 Å². The van der Waals surface area contributed by atoms with Crippen molar-refractivity contribution in [1.82, 2.24) is 25.7 Å². The number of nitrogens with one attached hydrogen (secondary N) is 2. The lowest BCUT2D eigenvalue weighted by atomic mass is 10.2. The smallest absolute Gasteiger partial charge is 0.246 e. The third-order valence-corrected chi connectivity index (χ3v) is 3.36. The van der Waals surface area contributed by atoms with Crippen molar-refractivity contribution < 1.29 is 9.32 Å². The van der Waals surface area contributed by atoms with Gasteiger partial charge in [0.1, 0.15) is 0 Å². The SMILES string of the molecule is CN=C(NCC(=O)N(C)C)NCc1nc(-c2ccc(Cl)cc2)no1. The fraction of sp³-hybridized carbons (Fsp3) is 0.333. The number of aliphatic imine (C=N–C) groups is 1. The maximum absolute atomic E-state index is 11.6. The number of halogens is 1. The molecule has 0 aliphatic heterocycles. The number of benzene rings is 1. The number of aromatic nitrogens is 2. The minimum absolute atomic E-state index is 0.0548. The number of hydrogen-bond acceptors (Lipinski definition) is 5. The van der Waals surface area contributed by atoms with Crippen LogP contribution in [0, 0.1) is 0 Å². The highest BCUT2D eigenvalue weighted by atomic mass is 35.5. The molecule has 1 aromatic carbocycles. The van der Waals surface area contributed by atoms with Crippen LogP contribution >= 0.6 is 11.6 Å².